The van der Waals surface area contributed by atoms with Crippen molar-refractivity contribution in [1.29, 1.82) is 0 Å². The summed E-state index contributed by atoms with van der Waals surface area (Å²) in [5, 5.41) is 3.47. The molecule has 0 heterocycles. The molecule has 4 aromatic carbocycles. The van der Waals surface area contributed by atoms with Crippen molar-refractivity contribution in [2.45, 2.75) is 57.6 Å². The molecule has 0 aliphatic rings. The van der Waals surface area contributed by atoms with E-state index in [1.807, 2.05) is 51.1 Å². The molecule has 0 saturated heterocycles. The molecule has 2 atom stereocenters. The minimum Gasteiger partial charge on any atom is -0.457 e. The summed E-state index contributed by atoms with van der Waals surface area (Å²) < 4.78 is 35.1. The van der Waals surface area contributed by atoms with Crippen molar-refractivity contribution in [3.05, 3.63) is 119 Å². The summed E-state index contributed by atoms with van der Waals surface area (Å²) in [5.74, 6) is 0.259. The van der Waals surface area contributed by atoms with Crippen LogP contribution in [0.4, 0.5) is 5.69 Å². The predicted octanol–water partition coefficient (Wildman–Crippen LogP) is 6.97. The van der Waals surface area contributed by atoms with E-state index in [1.165, 1.54) is 17.0 Å². The summed E-state index contributed by atoms with van der Waals surface area (Å²) in [6.07, 6.45) is 0.718. The summed E-state index contributed by atoms with van der Waals surface area (Å²) >= 11 is 6.08. The van der Waals surface area contributed by atoms with E-state index in [0.29, 0.717) is 16.5 Å². The van der Waals surface area contributed by atoms with Crippen molar-refractivity contribution in [1.82, 2.24) is 10.2 Å². The number of anilines is 1. The van der Waals surface area contributed by atoms with E-state index in [-0.39, 0.29) is 29.1 Å². The summed E-state index contributed by atoms with van der Waals surface area (Å²) in [5.41, 5.74) is 1.91. The van der Waals surface area contributed by atoms with Gasteiger partial charge in [0, 0.05) is 17.6 Å². The molecule has 236 valence electrons. The normalized spacial score (nSPS) is 12.6. The Hall–Kier alpha value is -4.34. The molecule has 0 spiro atoms. The van der Waals surface area contributed by atoms with Gasteiger partial charge in [-0.1, -0.05) is 66.6 Å². The minimum absolute atomic E-state index is 0.0392. The SMILES string of the molecule is CC[C@H](C)NC(=O)[C@@H](C)N(Cc1ccc(Cl)cc1)C(=O)CN(c1ccc(Oc2ccccc2)cc1)S(=O)(=O)c1ccc(C)cc1. The lowest BCUT2D eigenvalue weighted by Crippen LogP contribution is -2.52. The number of rotatable bonds is 13. The van der Waals surface area contributed by atoms with Gasteiger partial charge >= 0.3 is 0 Å². The summed E-state index contributed by atoms with van der Waals surface area (Å²) in [6.45, 7) is 6.88. The highest BCUT2D eigenvalue weighted by molar-refractivity contribution is 7.92. The molecule has 0 bridgehead atoms. The van der Waals surface area contributed by atoms with Crippen LogP contribution in [0.2, 0.25) is 5.02 Å². The van der Waals surface area contributed by atoms with Gasteiger partial charge < -0.3 is 15.0 Å². The summed E-state index contributed by atoms with van der Waals surface area (Å²) in [7, 11) is -4.19. The van der Waals surface area contributed by atoms with Crippen LogP contribution < -0.4 is 14.4 Å². The Labute approximate surface area is 270 Å². The number of carbonyl (C=O) groups is 2. The fourth-order valence-corrected chi connectivity index (χ4v) is 6.05. The van der Waals surface area contributed by atoms with Crippen molar-refractivity contribution in [3.8, 4) is 11.5 Å². The molecule has 1 N–H and O–H groups in total. The zero-order valence-corrected chi connectivity index (χ0v) is 27.4. The third kappa shape index (κ3) is 8.86. The van der Waals surface area contributed by atoms with Crippen LogP contribution >= 0.6 is 11.6 Å². The molecule has 0 fully saturated rings. The Bertz CT molecular complexity index is 1680. The van der Waals surface area contributed by atoms with Crippen LogP contribution in [0.15, 0.2) is 108 Å². The van der Waals surface area contributed by atoms with Gasteiger partial charge in [-0.05, 0) is 93.4 Å². The zero-order chi connectivity index (χ0) is 32.6. The second-order valence-corrected chi connectivity index (χ2v) is 13.2. The van der Waals surface area contributed by atoms with E-state index in [9.17, 15) is 18.0 Å². The van der Waals surface area contributed by atoms with Gasteiger partial charge in [0.05, 0.1) is 10.6 Å². The molecule has 10 heteroatoms. The maximum Gasteiger partial charge on any atom is 0.264 e. The number of aryl methyl sites for hydroxylation is 1. The Balaban J connectivity index is 1.70. The molecule has 0 aliphatic heterocycles. The first-order valence-corrected chi connectivity index (χ1v) is 16.6. The van der Waals surface area contributed by atoms with E-state index in [0.717, 1.165) is 21.9 Å². The van der Waals surface area contributed by atoms with Crippen LogP contribution in [0.3, 0.4) is 0 Å². The number of nitrogens with zero attached hydrogens (tertiary/aromatic N) is 2. The van der Waals surface area contributed by atoms with E-state index < -0.39 is 28.5 Å². The van der Waals surface area contributed by atoms with Crippen molar-refractivity contribution in [3.63, 3.8) is 0 Å². The molecule has 4 rings (SSSR count). The topological polar surface area (TPSA) is 96.0 Å². The molecule has 2 amide bonds. The summed E-state index contributed by atoms with van der Waals surface area (Å²) in [6, 6.07) is 28.1. The average molecular weight is 648 g/mol. The molecule has 4 aromatic rings. The maximum absolute atomic E-state index is 14.1. The van der Waals surface area contributed by atoms with Crippen LogP contribution in [-0.2, 0) is 26.2 Å². The van der Waals surface area contributed by atoms with Gasteiger partial charge in [0.25, 0.3) is 10.0 Å². The zero-order valence-electron chi connectivity index (χ0n) is 25.8. The highest BCUT2D eigenvalue weighted by atomic mass is 35.5. The Morgan fingerprint density at radius 1 is 0.844 bits per heavy atom. The number of hydrogen-bond donors (Lipinski definition) is 1. The largest absolute Gasteiger partial charge is 0.457 e. The van der Waals surface area contributed by atoms with Crippen LogP contribution in [0.25, 0.3) is 0 Å². The fourth-order valence-electron chi connectivity index (χ4n) is 4.51. The van der Waals surface area contributed by atoms with Crippen molar-refractivity contribution in [2.75, 3.05) is 10.8 Å². The molecule has 0 aliphatic carbocycles. The van der Waals surface area contributed by atoms with Crippen LogP contribution in [0, 0.1) is 6.92 Å². The number of benzene rings is 4. The van der Waals surface area contributed by atoms with Crippen LogP contribution in [-0.4, -0.2) is 43.8 Å². The number of para-hydroxylation sites is 1. The maximum atomic E-state index is 14.1. The van der Waals surface area contributed by atoms with Gasteiger partial charge in [-0.25, -0.2) is 8.42 Å². The lowest BCUT2D eigenvalue weighted by atomic mass is 10.1. The molecule has 0 radical (unpaired) electrons. The minimum atomic E-state index is -4.19. The van der Waals surface area contributed by atoms with Gasteiger partial charge in [0.1, 0.15) is 24.1 Å². The Kier molecular flexibility index (Phi) is 11.3. The average Bonchev–Trinajstić information content (AvgIpc) is 3.04. The van der Waals surface area contributed by atoms with E-state index in [1.54, 1.807) is 67.6 Å². The van der Waals surface area contributed by atoms with E-state index >= 15 is 0 Å². The highest BCUT2D eigenvalue weighted by Gasteiger charge is 2.33. The fraction of sp³-hybridized carbons (Fsp3) is 0.257. The van der Waals surface area contributed by atoms with Crippen molar-refractivity contribution < 1.29 is 22.7 Å². The number of hydrogen-bond acceptors (Lipinski definition) is 5. The molecular weight excluding hydrogens is 610 g/mol. The van der Waals surface area contributed by atoms with Gasteiger partial charge in [-0.3, -0.25) is 13.9 Å². The number of ether oxygens (including phenoxy) is 1. The molecule has 0 aromatic heterocycles. The monoisotopic (exact) mass is 647 g/mol. The molecular formula is C35H38ClN3O5S. The molecule has 0 saturated carbocycles. The molecule has 0 unspecified atom stereocenters. The summed E-state index contributed by atoms with van der Waals surface area (Å²) in [4.78, 5) is 28.8. The van der Waals surface area contributed by atoms with Crippen molar-refractivity contribution in [2.24, 2.45) is 0 Å². The highest BCUT2D eigenvalue weighted by Crippen LogP contribution is 2.29. The van der Waals surface area contributed by atoms with Gasteiger partial charge in [0.15, 0.2) is 0 Å². The quantitative estimate of drug-likeness (QED) is 0.169. The third-order valence-corrected chi connectivity index (χ3v) is 9.47. The second-order valence-electron chi connectivity index (χ2n) is 10.9. The number of halogens is 1. The number of carbonyl (C=O) groups excluding carboxylic acids is 2. The number of amides is 2. The second kappa shape index (κ2) is 15.1. The standard InChI is InChI=1S/C35H38ClN3O5S/c1-5-26(3)37-35(41)27(4)38(23-28-13-15-29(36)16-14-28)34(40)24-39(45(42,43)33-21-11-25(2)12-22-33)30-17-19-32(20-18-30)44-31-9-7-6-8-10-31/h6-22,26-27H,5,23-24H2,1-4H3,(H,37,41)/t26-,27+/m0/s1. The van der Waals surface area contributed by atoms with Crippen LogP contribution in [0.5, 0.6) is 11.5 Å². The van der Waals surface area contributed by atoms with E-state index in [4.69, 9.17) is 16.3 Å². The Morgan fingerprint density at radius 3 is 2.04 bits per heavy atom. The number of nitrogens with one attached hydrogen (secondary N) is 1. The number of sulfonamides is 1. The van der Waals surface area contributed by atoms with Gasteiger partial charge in [0.2, 0.25) is 11.8 Å². The van der Waals surface area contributed by atoms with Gasteiger partial charge in [-0.2, -0.15) is 0 Å². The smallest absolute Gasteiger partial charge is 0.264 e. The first-order chi connectivity index (χ1) is 21.5. The van der Waals surface area contributed by atoms with Crippen LogP contribution in [0.1, 0.15) is 38.3 Å². The first-order valence-electron chi connectivity index (χ1n) is 14.7. The van der Waals surface area contributed by atoms with Crippen molar-refractivity contribution >= 4 is 39.1 Å². The third-order valence-electron chi connectivity index (χ3n) is 7.43. The lowest BCUT2D eigenvalue weighted by Gasteiger charge is -2.32. The van der Waals surface area contributed by atoms with Gasteiger partial charge in [-0.15, -0.1) is 0 Å². The first kappa shape index (κ1) is 33.6. The predicted molar refractivity (Wildman–Crippen MR) is 178 cm³/mol. The van der Waals surface area contributed by atoms with E-state index in [2.05, 4.69) is 5.32 Å². The Morgan fingerprint density at radius 2 is 1.44 bits per heavy atom. The lowest BCUT2D eigenvalue weighted by molar-refractivity contribution is -0.139. The molecule has 45 heavy (non-hydrogen) atoms. The molecule has 8 nitrogen and oxygen atoms in total.